The van der Waals surface area contributed by atoms with E-state index in [4.69, 9.17) is 13.5 Å². The monoisotopic (exact) mass is 545 g/mol. The molecule has 0 atom stereocenters. The van der Waals surface area contributed by atoms with E-state index >= 15 is 0 Å². The molecule has 5 rings (SSSR count). The number of hydrogen-bond donors (Lipinski definition) is 0. The summed E-state index contributed by atoms with van der Waals surface area (Å²) in [5, 5.41) is 11.7. The van der Waals surface area contributed by atoms with Gasteiger partial charge in [0, 0.05) is 26.6 Å². The second kappa shape index (κ2) is 10.5. The third-order valence-corrected chi connectivity index (χ3v) is 8.18. The van der Waals surface area contributed by atoms with Crippen LogP contribution < -0.4 is 0 Å². The predicted molar refractivity (Wildman–Crippen MR) is 173 cm³/mol. The largest absolute Gasteiger partial charge is 0.454 e. The van der Waals surface area contributed by atoms with Crippen LogP contribution in [0, 0.1) is 18.2 Å². The zero-order chi connectivity index (χ0) is 32.3. The Morgan fingerprint density at radius 1 is 0.829 bits per heavy atom. The van der Waals surface area contributed by atoms with Crippen molar-refractivity contribution in [2.75, 3.05) is 0 Å². The van der Waals surface area contributed by atoms with Crippen molar-refractivity contribution in [1.29, 1.82) is 5.26 Å². The highest BCUT2D eigenvalue weighted by molar-refractivity contribution is 6.12. The van der Waals surface area contributed by atoms with Gasteiger partial charge in [0.15, 0.2) is 5.58 Å². The van der Waals surface area contributed by atoms with Crippen molar-refractivity contribution in [3.05, 3.63) is 88.1 Å². The van der Waals surface area contributed by atoms with Gasteiger partial charge in [0.2, 0.25) is 0 Å². The molecule has 3 aromatic carbocycles. The molecule has 3 heteroatoms. The van der Waals surface area contributed by atoms with Gasteiger partial charge in [0.05, 0.1) is 11.3 Å². The molecule has 41 heavy (non-hydrogen) atoms. The summed E-state index contributed by atoms with van der Waals surface area (Å²) >= 11 is 0. The fourth-order valence-electron chi connectivity index (χ4n) is 5.85. The molecule has 0 saturated carbocycles. The molecule has 2 aromatic heterocycles. The van der Waals surface area contributed by atoms with E-state index in [2.05, 4.69) is 86.6 Å². The van der Waals surface area contributed by atoms with Crippen LogP contribution in [0.5, 0.6) is 0 Å². The highest BCUT2D eigenvalue weighted by atomic mass is 16.3. The molecule has 0 aliphatic carbocycles. The van der Waals surface area contributed by atoms with Gasteiger partial charge in [-0.1, -0.05) is 92.6 Å². The SMILES string of the molecule is [2H]C([2H])([2H])c1cnc(-c2ccc(C(C)C)c3c2oc2c(C#N)cccc23)cc1-c1c(C(C)C)cc(C(C)(C)C)cc1C(C)C. The fourth-order valence-corrected chi connectivity index (χ4v) is 5.85. The van der Waals surface area contributed by atoms with E-state index in [0.717, 1.165) is 38.6 Å². The van der Waals surface area contributed by atoms with Crippen molar-refractivity contribution in [2.45, 2.75) is 92.3 Å². The molecule has 5 aromatic rings. The number of nitriles is 1. The van der Waals surface area contributed by atoms with Gasteiger partial charge in [-0.2, -0.15) is 5.26 Å². The Morgan fingerprint density at radius 2 is 1.49 bits per heavy atom. The molecule has 0 saturated heterocycles. The summed E-state index contributed by atoms with van der Waals surface area (Å²) < 4.78 is 32.0. The number of aromatic nitrogens is 1. The summed E-state index contributed by atoms with van der Waals surface area (Å²) in [6, 6.07) is 18.5. The van der Waals surface area contributed by atoms with Crippen LogP contribution in [0.2, 0.25) is 0 Å². The molecule has 0 spiro atoms. The maximum atomic E-state index is 9.83. The van der Waals surface area contributed by atoms with Gasteiger partial charge in [-0.05, 0) is 87.2 Å². The molecule has 0 aliphatic rings. The molecule has 0 fully saturated rings. The molecular weight excluding hydrogens is 500 g/mol. The van der Waals surface area contributed by atoms with Crippen molar-refractivity contribution in [1.82, 2.24) is 4.98 Å². The number of hydrogen-bond acceptors (Lipinski definition) is 3. The second-order valence-electron chi connectivity index (χ2n) is 13.2. The normalized spacial score (nSPS) is 13.7. The van der Waals surface area contributed by atoms with E-state index in [9.17, 15) is 5.26 Å². The summed E-state index contributed by atoms with van der Waals surface area (Å²) in [5.41, 5.74) is 9.55. The minimum atomic E-state index is -2.36. The third kappa shape index (κ3) is 4.95. The van der Waals surface area contributed by atoms with E-state index < -0.39 is 6.85 Å². The van der Waals surface area contributed by atoms with Crippen LogP contribution in [0.1, 0.15) is 118 Å². The lowest BCUT2D eigenvalue weighted by Crippen LogP contribution is -2.14. The van der Waals surface area contributed by atoms with Crippen LogP contribution in [0.25, 0.3) is 44.3 Å². The molecule has 2 heterocycles. The Hall–Kier alpha value is -3.90. The lowest BCUT2D eigenvalue weighted by Gasteiger charge is -2.28. The zero-order valence-corrected chi connectivity index (χ0v) is 25.7. The number of nitrogens with zero attached hydrogens (tertiary/aromatic N) is 2. The molecule has 210 valence electrons. The Kier molecular flexibility index (Phi) is 6.36. The number of benzene rings is 3. The Morgan fingerprint density at radius 3 is 2.05 bits per heavy atom. The van der Waals surface area contributed by atoms with Gasteiger partial charge >= 0.3 is 0 Å². The minimum absolute atomic E-state index is 0.0601. The van der Waals surface area contributed by atoms with Crippen LogP contribution in [-0.4, -0.2) is 4.98 Å². The van der Waals surface area contributed by atoms with Gasteiger partial charge in [-0.25, -0.2) is 0 Å². The molecule has 3 nitrogen and oxygen atoms in total. The maximum absolute atomic E-state index is 9.83. The highest BCUT2D eigenvalue weighted by Gasteiger charge is 2.25. The van der Waals surface area contributed by atoms with E-state index in [0.29, 0.717) is 28.0 Å². The lowest BCUT2D eigenvalue weighted by molar-refractivity contribution is 0.587. The quantitative estimate of drug-likeness (QED) is 0.221. The van der Waals surface area contributed by atoms with Crippen LogP contribution in [0.4, 0.5) is 0 Å². The van der Waals surface area contributed by atoms with Crippen molar-refractivity contribution < 1.29 is 8.53 Å². The van der Waals surface area contributed by atoms with Crippen LogP contribution in [0.3, 0.4) is 0 Å². The topological polar surface area (TPSA) is 49.8 Å². The Balaban J connectivity index is 1.90. The van der Waals surface area contributed by atoms with E-state index in [1.807, 2.05) is 24.3 Å². The first kappa shape index (κ1) is 24.9. The minimum Gasteiger partial charge on any atom is -0.454 e. The standard InChI is InChI=1S/C38H42N2O/c1-21(2)27-14-15-28(37-35(27)29-13-11-12-25(19-39)36(29)41-37)33-18-32(24(7)20-40-33)34-30(22(3)4)16-26(38(8,9)10)17-31(34)23(5)6/h11-18,20-23H,1-10H3/i7D3. The zero-order valence-electron chi connectivity index (χ0n) is 28.7. The predicted octanol–water partition coefficient (Wildman–Crippen LogP) is 11.2. The summed E-state index contributed by atoms with van der Waals surface area (Å²) in [7, 11) is 0. The van der Waals surface area contributed by atoms with E-state index in [-0.39, 0.29) is 28.7 Å². The van der Waals surface area contributed by atoms with E-state index in [1.165, 1.54) is 11.8 Å². The number of para-hydroxylation sites is 1. The molecule has 0 unspecified atom stereocenters. The highest BCUT2D eigenvalue weighted by Crippen LogP contribution is 2.44. The molecule has 0 amide bonds. The Labute approximate surface area is 249 Å². The average molecular weight is 546 g/mol. The average Bonchev–Trinajstić information content (AvgIpc) is 3.34. The summed E-state index contributed by atoms with van der Waals surface area (Å²) in [6.07, 6.45) is 1.52. The summed E-state index contributed by atoms with van der Waals surface area (Å²) in [6.45, 7) is 17.2. The first-order valence-electron chi connectivity index (χ1n) is 16.1. The fraction of sp³-hybridized carbons (Fsp3) is 0.368. The third-order valence-electron chi connectivity index (χ3n) is 8.18. The summed E-state index contributed by atoms with van der Waals surface area (Å²) in [4.78, 5) is 4.76. The van der Waals surface area contributed by atoms with Crippen molar-refractivity contribution in [3.8, 4) is 28.5 Å². The summed E-state index contributed by atoms with van der Waals surface area (Å²) in [5.74, 6) is 0.563. The van der Waals surface area contributed by atoms with Gasteiger partial charge in [0.1, 0.15) is 11.7 Å². The van der Waals surface area contributed by atoms with E-state index in [1.54, 1.807) is 6.07 Å². The van der Waals surface area contributed by atoms with Crippen LogP contribution >= 0.6 is 0 Å². The maximum Gasteiger partial charge on any atom is 0.153 e. The number of pyridine rings is 1. The second-order valence-corrected chi connectivity index (χ2v) is 13.2. The van der Waals surface area contributed by atoms with Crippen molar-refractivity contribution >= 4 is 21.9 Å². The molecule has 0 N–H and O–H groups in total. The number of furan rings is 1. The van der Waals surface area contributed by atoms with Crippen molar-refractivity contribution in [2.24, 2.45) is 0 Å². The molecular formula is C38H42N2O. The number of fused-ring (bicyclic) bond motifs is 3. The molecule has 0 radical (unpaired) electrons. The van der Waals surface area contributed by atoms with Gasteiger partial charge in [-0.15, -0.1) is 0 Å². The van der Waals surface area contributed by atoms with Gasteiger partial charge in [0.25, 0.3) is 0 Å². The van der Waals surface area contributed by atoms with Gasteiger partial charge < -0.3 is 4.42 Å². The lowest BCUT2D eigenvalue weighted by atomic mass is 9.77. The van der Waals surface area contributed by atoms with Gasteiger partial charge in [-0.3, -0.25) is 4.98 Å². The van der Waals surface area contributed by atoms with Crippen molar-refractivity contribution in [3.63, 3.8) is 0 Å². The van der Waals surface area contributed by atoms with Crippen LogP contribution in [-0.2, 0) is 5.41 Å². The first-order chi connectivity index (χ1) is 20.5. The number of aryl methyl sites for hydroxylation is 1. The number of rotatable bonds is 5. The Bertz CT molecular complexity index is 1900. The first-order valence-corrected chi connectivity index (χ1v) is 14.6. The molecule has 0 aliphatic heterocycles. The van der Waals surface area contributed by atoms with Crippen LogP contribution in [0.15, 0.2) is 59.1 Å². The smallest absolute Gasteiger partial charge is 0.153 e. The molecule has 0 bridgehead atoms.